The molecule has 0 radical (unpaired) electrons. The van der Waals surface area contributed by atoms with Crippen LogP contribution in [-0.2, 0) is 19.7 Å². The Kier molecular flexibility index (Phi) is 5.56. The average Bonchev–Trinajstić information content (AvgIpc) is 3.35. The SMILES string of the molecule is COc1ccc(NC(=O)C2=NOC3(CCCN(S(=O)(=O)c4sccc4C)C3)C2)cc1. The third-order valence-electron chi connectivity index (χ3n) is 5.34. The Morgan fingerprint density at radius 1 is 1.30 bits per heavy atom. The van der Waals surface area contributed by atoms with E-state index in [2.05, 4.69) is 10.5 Å². The molecular weight excluding hydrogens is 426 g/mol. The number of sulfonamides is 1. The second-order valence-corrected chi connectivity index (χ2v) is 10.6. The van der Waals surface area contributed by atoms with Crippen LogP contribution in [0, 0.1) is 6.92 Å². The standard InChI is InChI=1S/C20H23N3O5S2/c1-14-8-11-29-19(14)30(25,26)23-10-3-9-20(13-23)12-17(22-28-20)18(24)21-15-4-6-16(27-2)7-5-15/h4-8,11H,3,9-10,12-13H2,1-2H3,(H,21,24). The Labute approximate surface area is 179 Å². The number of carbonyl (C=O) groups excluding carboxylic acids is 1. The fourth-order valence-corrected chi connectivity index (χ4v) is 6.85. The highest BCUT2D eigenvalue weighted by molar-refractivity contribution is 7.91. The molecule has 1 saturated heterocycles. The zero-order valence-electron chi connectivity index (χ0n) is 16.8. The second-order valence-electron chi connectivity index (χ2n) is 7.50. The molecule has 4 rings (SSSR count). The molecule has 1 aromatic carbocycles. The van der Waals surface area contributed by atoms with E-state index in [1.165, 1.54) is 15.6 Å². The molecule has 160 valence electrons. The topological polar surface area (TPSA) is 97.3 Å². The normalized spacial score (nSPS) is 21.9. The Bertz CT molecular complexity index is 1080. The molecule has 1 aromatic heterocycles. The van der Waals surface area contributed by atoms with Crippen molar-refractivity contribution in [1.82, 2.24) is 4.31 Å². The lowest BCUT2D eigenvalue weighted by Crippen LogP contribution is -2.50. The fraction of sp³-hybridized carbons (Fsp3) is 0.400. The molecule has 2 aliphatic heterocycles. The molecule has 0 aliphatic carbocycles. The van der Waals surface area contributed by atoms with Crippen molar-refractivity contribution in [1.29, 1.82) is 0 Å². The lowest BCUT2D eigenvalue weighted by atomic mass is 9.89. The first-order valence-electron chi connectivity index (χ1n) is 9.58. The van der Waals surface area contributed by atoms with E-state index in [1.807, 2.05) is 0 Å². The molecule has 1 fully saturated rings. The first-order chi connectivity index (χ1) is 14.3. The van der Waals surface area contributed by atoms with E-state index in [0.29, 0.717) is 35.0 Å². The molecule has 1 N–H and O–H groups in total. The van der Waals surface area contributed by atoms with Crippen LogP contribution >= 0.6 is 11.3 Å². The van der Waals surface area contributed by atoms with E-state index in [9.17, 15) is 13.2 Å². The summed E-state index contributed by atoms with van der Waals surface area (Å²) in [5.41, 5.74) is 0.814. The van der Waals surface area contributed by atoms with E-state index in [4.69, 9.17) is 9.57 Å². The number of hydrogen-bond acceptors (Lipinski definition) is 7. The van der Waals surface area contributed by atoms with Gasteiger partial charge < -0.3 is 14.9 Å². The summed E-state index contributed by atoms with van der Waals surface area (Å²) in [6, 6.07) is 8.78. The zero-order valence-corrected chi connectivity index (χ0v) is 18.4. The molecule has 1 atom stereocenters. The minimum absolute atomic E-state index is 0.176. The highest BCUT2D eigenvalue weighted by Gasteiger charge is 2.47. The molecule has 1 spiro atoms. The molecule has 0 bridgehead atoms. The predicted molar refractivity (Wildman–Crippen MR) is 115 cm³/mol. The summed E-state index contributed by atoms with van der Waals surface area (Å²) in [7, 11) is -2.02. The van der Waals surface area contributed by atoms with Gasteiger partial charge in [0.25, 0.3) is 15.9 Å². The van der Waals surface area contributed by atoms with Gasteiger partial charge in [0.2, 0.25) is 0 Å². The first-order valence-corrected chi connectivity index (χ1v) is 11.9. The number of amides is 1. The summed E-state index contributed by atoms with van der Waals surface area (Å²) >= 11 is 1.22. The fourth-order valence-electron chi connectivity index (χ4n) is 3.74. The van der Waals surface area contributed by atoms with Gasteiger partial charge in [-0.2, -0.15) is 4.31 Å². The van der Waals surface area contributed by atoms with Gasteiger partial charge in [-0.25, -0.2) is 8.42 Å². The van der Waals surface area contributed by atoms with Crippen molar-refractivity contribution in [3.8, 4) is 5.75 Å². The molecular formula is C20H23N3O5S2. The summed E-state index contributed by atoms with van der Waals surface area (Å²) in [5, 5.41) is 8.57. The summed E-state index contributed by atoms with van der Waals surface area (Å²) in [6.07, 6.45) is 1.56. The van der Waals surface area contributed by atoms with Crippen LogP contribution in [0.25, 0.3) is 0 Å². The van der Waals surface area contributed by atoms with Gasteiger partial charge in [-0.05, 0) is 61.0 Å². The van der Waals surface area contributed by atoms with Crippen LogP contribution in [-0.4, -0.2) is 50.1 Å². The van der Waals surface area contributed by atoms with Crippen LogP contribution in [0.4, 0.5) is 5.69 Å². The van der Waals surface area contributed by atoms with Gasteiger partial charge in [0, 0.05) is 18.7 Å². The summed E-state index contributed by atoms with van der Waals surface area (Å²) in [5.74, 6) is 0.337. The Hall–Kier alpha value is -2.43. The van der Waals surface area contributed by atoms with E-state index in [1.54, 1.807) is 49.7 Å². The number of nitrogens with zero attached hydrogens (tertiary/aromatic N) is 2. The average molecular weight is 450 g/mol. The molecule has 10 heteroatoms. The van der Waals surface area contributed by atoms with E-state index in [-0.39, 0.29) is 24.6 Å². The highest BCUT2D eigenvalue weighted by atomic mass is 32.2. The molecule has 0 saturated carbocycles. The molecule has 2 aromatic rings. The van der Waals surface area contributed by atoms with Crippen LogP contribution in [0.15, 0.2) is 45.1 Å². The third-order valence-corrected chi connectivity index (χ3v) is 8.85. The van der Waals surface area contributed by atoms with Crippen molar-refractivity contribution >= 4 is 38.7 Å². The Morgan fingerprint density at radius 2 is 2.07 bits per heavy atom. The van der Waals surface area contributed by atoms with Gasteiger partial charge in [0.15, 0.2) is 5.60 Å². The van der Waals surface area contributed by atoms with Crippen molar-refractivity contribution < 1.29 is 22.8 Å². The van der Waals surface area contributed by atoms with Crippen molar-refractivity contribution in [2.24, 2.45) is 5.16 Å². The number of hydrogen-bond donors (Lipinski definition) is 1. The highest BCUT2D eigenvalue weighted by Crippen LogP contribution is 2.37. The number of piperidine rings is 1. The van der Waals surface area contributed by atoms with Crippen LogP contribution in [0.1, 0.15) is 24.8 Å². The lowest BCUT2D eigenvalue weighted by Gasteiger charge is -2.37. The van der Waals surface area contributed by atoms with Crippen LogP contribution in [0.3, 0.4) is 0 Å². The number of thiophene rings is 1. The number of aryl methyl sites for hydroxylation is 1. The number of anilines is 1. The number of benzene rings is 1. The maximum atomic E-state index is 13.1. The number of nitrogens with one attached hydrogen (secondary N) is 1. The van der Waals surface area contributed by atoms with Gasteiger partial charge in [-0.3, -0.25) is 4.79 Å². The quantitative estimate of drug-likeness (QED) is 0.757. The smallest absolute Gasteiger partial charge is 0.273 e. The molecule has 2 aliphatic rings. The largest absolute Gasteiger partial charge is 0.497 e. The van der Waals surface area contributed by atoms with Gasteiger partial charge in [-0.1, -0.05) is 5.16 Å². The number of rotatable bonds is 5. The predicted octanol–water partition coefficient (Wildman–Crippen LogP) is 3.00. The minimum Gasteiger partial charge on any atom is -0.497 e. The van der Waals surface area contributed by atoms with Gasteiger partial charge in [0.1, 0.15) is 15.7 Å². The number of ether oxygens (including phenoxy) is 1. The van der Waals surface area contributed by atoms with E-state index in [0.717, 1.165) is 5.56 Å². The van der Waals surface area contributed by atoms with Crippen molar-refractivity contribution in [2.45, 2.75) is 36.0 Å². The second kappa shape index (κ2) is 8.01. The maximum absolute atomic E-state index is 13.1. The van der Waals surface area contributed by atoms with Crippen molar-refractivity contribution in [3.05, 3.63) is 41.3 Å². The van der Waals surface area contributed by atoms with Crippen LogP contribution in [0.2, 0.25) is 0 Å². The van der Waals surface area contributed by atoms with Gasteiger partial charge in [0.05, 0.1) is 13.7 Å². The van der Waals surface area contributed by atoms with E-state index < -0.39 is 15.6 Å². The summed E-state index contributed by atoms with van der Waals surface area (Å²) in [6.45, 7) is 2.40. The molecule has 1 unspecified atom stereocenters. The molecule has 1 amide bonds. The Balaban J connectivity index is 1.44. The third kappa shape index (κ3) is 3.94. The summed E-state index contributed by atoms with van der Waals surface area (Å²) in [4.78, 5) is 18.3. The maximum Gasteiger partial charge on any atom is 0.273 e. The molecule has 8 nitrogen and oxygen atoms in total. The molecule has 30 heavy (non-hydrogen) atoms. The van der Waals surface area contributed by atoms with Crippen molar-refractivity contribution in [3.63, 3.8) is 0 Å². The van der Waals surface area contributed by atoms with Gasteiger partial charge >= 0.3 is 0 Å². The Morgan fingerprint density at radius 3 is 2.73 bits per heavy atom. The number of methoxy groups -OCH3 is 1. The minimum atomic E-state index is -3.60. The van der Waals surface area contributed by atoms with Gasteiger partial charge in [-0.15, -0.1) is 11.3 Å². The zero-order chi connectivity index (χ0) is 21.4. The monoisotopic (exact) mass is 449 g/mol. The van der Waals surface area contributed by atoms with Crippen molar-refractivity contribution in [2.75, 3.05) is 25.5 Å². The summed E-state index contributed by atoms with van der Waals surface area (Å²) < 4.78 is 33.1. The first kappa shape index (κ1) is 20.8. The molecule has 3 heterocycles. The van der Waals surface area contributed by atoms with Crippen LogP contribution in [0.5, 0.6) is 5.75 Å². The lowest BCUT2D eigenvalue weighted by molar-refractivity contribution is -0.110. The number of oxime groups is 1. The number of carbonyl (C=O) groups is 1. The van der Waals surface area contributed by atoms with E-state index >= 15 is 0 Å². The van der Waals surface area contributed by atoms with Crippen LogP contribution < -0.4 is 10.1 Å².